The third-order valence-corrected chi connectivity index (χ3v) is 6.36. The van der Waals surface area contributed by atoms with Gasteiger partial charge in [0.15, 0.2) is 11.5 Å². The average molecular weight is 406 g/mol. The summed E-state index contributed by atoms with van der Waals surface area (Å²) in [5, 5.41) is 4.68. The Hall–Kier alpha value is -2.87. The number of rotatable bonds is 3. The molecule has 1 aliphatic carbocycles. The zero-order valence-corrected chi connectivity index (χ0v) is 17.3. The summed E-state index contributed by atoms with van der Waals surface area (Å²) < 4.78 is 12.9. The molecule has 156 valence electrons. The first kappa shape index (κ1) is 17.9. The molecule has 1 saturated heterocycles. The third kappa shape index (κ3) is 3.06. The molecule has 8 nitrogen and oxygen atoms in total. The maximum Gasteiger partial charge on any atom is 0.254 e. The number of hydrogen-bond acceptors (Lipinski definition) is 7. The number of anilines is 1. The van der Waals surface area contributed by atoms with E-state index >= 15 is 0 Å². The van der Waals surface area contributed by atoms with Gasteiger partial charge in [-0.3, -0.25) is 4.90 Å². The lowest BCUT2D eigenvalue weighted by Crippen LogP contribution is -2.47. The molecule has 1 aromatic carbocycles. The molecule has 0 atom stereocenters. The Morgan fingerprint density at radius 2 is 1.80 bits per heavy atom. The van der Waals surface area contributed by atoms with Crippen LogP contribution in [-0.4, -0.2) is 57.5 Å². The molecule has 0 unspecified atom stereocenters. The van der Waals surface area contributed by atoms with E-state index in [-0.39, 0.29) is 0 Å². The fourth-order valence-corrected chi connectivity index (χ4v) is 4.86. The Balaban J connectivity index is 1.23. The van der Waals surface area contributed by atoms with E-state index in [4.69, 9.17) is 14.5 Å². The van der Waals surface area contributed by atoms with Gasteiger partial charge in [-0.25, -0.2) is 4.98 Å². The van der Waals surface area contributed by atoms with Crippen LogP contribution in [-0.2, 0) is 19.4 Å². The van der Waals surface area contributed by atoms with Crippen molar-refractivity contribution in [2.24, 2.45) is 0 Å². The Morgan fingerprint density at radius 3 is 2.70 bits per heavy atom. The van der Waals surface area contributed by atoms with Crippen molar-refractivity contribution >= 4 is 11.6 Å². The first-order chi connectivity index (χ1) is 14.7. The lowest BCUT2D eigenvalue weighted by molar-refractivity contribution is 0.174. The highest BCUT2D eigenvalue weighted by molar-refractivity contribution is 5.56. The molecule has 2 aliphatic heterocycles. The van der Waals surface area contributed by atoms with Crippen molar-refractivity contribution in [3.63, 3.8) is 0 Å². The van der Waals surface area contributed by atoms with E-state index in [2.05, 4.69) is 32.0 Å². The SMILES string of the molecule is Cc1nc2nc3c(c(N4CCN(Cc5ccc6c(c5)OCO6)CC4)n2n1)CCCC3. The minimum atomic E-state index is 0.323. The van der Waals surface area contributed by atoms with Crippen LogP contribution in [0.3, 0.4) is 0 Å². The van der Waals surface area contributed by atoms with E-state index in [1.54, 1.807) is 0 Å². The molecule has 2 aromatic heterocycles. The largest absolute Gasteiger partial charge is 0.454 e. The molecule has 1 fully saturated rings. The van der Waals surface area contributed by atoms with Crippen LogP contribution < -0.4 is 14.4 Å². The first-order valence-electron chi connectivity index (χ1n) is 10.9. The van der Waals surface area contributed by atoms with E-state index in [0.717, 1.165) is 68.7 Å². The summed E-state index contributed by atoms with van der Waals surface area (Å²) in [5.74, 6) is 4.45. The van der Waals surface area contributed by atoms with Crippen LogP contribution in [0.25, 0.3) is 5.78 Å². The number of ether oxygens (including phenoxy) is 2. The predicted molar refractivity (Wildman–Crippen MR) is 112 cm³/mol. The molecule has 0 bridgehead atoms. The maximum atomic E-state index is 5.53. The second-order valence-corrected chi connectivity index (χ2v) is 8.39. The zero-order valence-electron chi connectivity index (χ0n) is 17.3. The molecule has 30 heavy (non-hydrogen) atoms. The Bertz CT molecular complexity index is 1100. The van der Waals surface area contributed by atoms with Crippen LogP contribution in [0.1, 0.15) is 35.5 Å². The van der Waals surface area contributed by atoms with Crippen molar-refractivity contribution in [3.05, 3.63) is 40.8 Å². The summed E-state index contributed by atoms with van der Waals surface area (Å²) in [4.78, 5) is 14.4. The number of benzene rings is 1. The Kier molecular flexibility index (Phi) is 4.26. The minimum Gasteiger partial charge on any atom is -0.454 e. The van der Waals surface area contributed by atoms with Gasteiger partial charge in [-0.2, -0.15) is 9.50 Å². The fraction of sp³-hybridized carbons (Fsp3) is 0.500. The smallest absolute Gasteiger partial charge is 0.254 e. The molecular formula is C22H26N6O2. The van der Waals surface area contributed by atoms with Gasteiger partial charge in [-0.05, 0) is 50.3 Å². The van der Waals surface area contributed by atoms with Crippen LogP contribution in [0.4, 0.5) is 5.82 Å². The van der Waals surface area contributed by atoms with Crippen LogP contribution >= 0.6 is 0 Å². The molecular weight excluding hydrogens is 380 g/mol. The molecule has 3 aliphatic rings. The number of hydrogen-bond donors (Lipinski definition) is 0. The summed E-state index contributed by atoms with van der Waals surface area (Å²) in [6.07, 6.45) is 4.58. The van der Waals surface area contributed by atoms with Gasteiger partial charge in [0.05, 0.1) is 5.69 Å². The van der Waals surface area contributed by atoms with Crippen molar-refractivity contribution in [3.8, 4) is 11.5 Å². The predicted octanol–water partition coefficient (Wildman–Crippen LogP) is 2.36. The quantitative estimate of drug-likeness (QED) is 0.661. The lowest BCUT2D eigenvalue weighted by Gasteiger charge is -2.37. The molecule has 0 N–H and O–H groups in total. The minimum absolute atomic E-state index is 0.323. The first-order valence-corrected chi connectivity index (χ1v) is 10.9. The van der Waals surface area contributed by atoms with Crippen LogP contribution in [0.2, 0.25) is 0 Å². The summed E-state index contributed by atoms with van der Waals surface area (Å²) in [5.41, 5.74) is 3.87. The molecule has 0 spiro atoms. The average Bonchev–Trinajstić information content (AvgIpc) is 3.37. The third-order valence-electron chi connectivity index (χ3n) is 6.36. The van der Waals surface area contributed by atoms with E-state index in [1.165, 1.54) is 35.5 Å². The van der Waals surface area contributed by atoms with Gasteiger partial charge in [-0.15, -0.1) is 5.10 Å². The summed E-state index contributed by atoms with van der Waals surface area (Å²) in [6.45, 7) is 7.19. The number of aromatic nitrogens is 4. The molecule has 8 heteroatoms. The standard InChI is InChI=1S/C22H26N6O2/c1-15-23-22-24-18-5-3-2-4-17(18)21(28(22)25-15)27-10-8-26(9-11-27)13-16-6-7-19-20(12-16)30-14-29-19/h6-7,12H,2-5,8-11,13-14H2,1H3. The molecule has 3 aromatic rings. The van der Waals surface area contributed by atoms with E-state index < -0.39 is 0 Å². The van der Waals surface area contributed by atoms with Crippen molar-refractivity contribution in [1.29, 1.82) is 0 Å². The van der Waals surface area contributed by atoms with E-state index in [9.17, 15) is 0 Å². The Morgan fingerprint density at radius 1 is 0.967 bits per heavy atom. The zero-order chi connectivity index (χ0) is 20.1. The summed E-state index contributed by atoms with van der Waals surface area (Å²) in [6, 6.07) is 6.26. The number of nitrogens with zero attached hydrogens (tertiary/aromatic N) is 6. The van der Waals surface area contributed by atoms with Gasteiger partial charge in [0.1, 0.15) is 11.6 Å². The number of fused-ring (bicyclic) bond motifs is 3. The second kappa shape index (κ2) is 7.12. The van der Waals surface area contributed by atoms with E-state index in [1.807, 2.05) is 17.5 Å². The van der Waals surface area contributed by atoms with Gasteiger partial charge in [-0.1, -0.05) is 6.07 Å². The van der Waals surface area contributed by atoms with Gasteiger partial charge in [0.2, 0.25) is 6.79 Å². The summed E-state index contributed by atoms with van der Waals surface area (Å²) >= 11 is 0. The van der Waals surface area contributed by atoms with Gasteiger partial charge < -0.3 is 14.4 Å². The number of piperazine rings is 1. The van der Waals surface area contributed by atoms with Crippen molar-refractivity contribution in [2.75, 3.05) is 37.9 Å². The van der Waals surface area contributed by atoms with Crippen molar-refractivity contribution in [1.82, 2.24) is 24.5 Å². The number of aryl methyl sites for hydroxylation is 2. The molecule has 0 amide bonds. The van der Waals surface area contributed by atoms with Gasteiger partial charge >= 0.3 is 0 Å². The Labute approximate surface area is 175 Å². The highest BCUT2D eigenvalue weighted by Crippen LogP contribution is 2.33. The van der Waals surface area contributed by atoms with Crippen molar-refractivity contribution < 1.29 is 9.47 Å². The van der Waals surface area contributed by atoms with Crippen LogP contribution in [0.15, 0.2) is 18.2 Å². The second-order valence-electron chi connectivity index (χ2n) is 8.39. The molecule has 0 radical (unpaired) electrons. The highest BCUT2D eigenvalue weighted by Gasteiger charge is 2.27. The van der Waals surface area contributed by atoms with Crippen LogP contribution in [0, 0.1) is 6.92 Å². The maximum absolute atomic E-state index is 5.53. The fourth-order valence-electron chi connectivity index (χ4n) is 4.86. The summed E-state index contributed by atoms with van der Waals surface area (Å²) in [7, 11) is 0. The van der Waals surface area contributed by atoms with Crippen molar-refractivity contribution in [2.45, 2.75) is 39.2 Å². The molecule has 6 rings (SSSR count). The molecule has 4 heterocycles. The monoisotopic (exact) mass is 406 g/mol. The topological polar surface area (TPSA) is 68.0 Å². The van der Waals surface area contributed by atoms with Crippen LogP contribution in [0.5, 0.6) is 11.5 Å². The molecule has 0 saturated carbocycles. The van der Waals surface area contributed by atoms with Gasteiger partial charge in [0.25, 0.3) is 5.78 Å². The van der Waals surface area contributed by atoms with Gasteiger partial charge in [0, 0.05) is 38.3 Å². The normalized spacial score (nSPS) is 18.8. The lowest BCUT2D eigenvalue weighted by atomic mass is 9.96. The highest BCUT2D eigenvalue weighted by atomic mass is 16.7. The van der Waals surface area contributed by atoms with E-state index in [0.29, 0.717) is 6.79 Å².